The number of hydrogen-bond acceptors (Lipinski definition) is 5. The third kappa shape index (κ3) is 5.01. The average Bonchev–Trinajstić information content (AvgIpc) is 3.24. The summed E-state index contributed by atoms with van der Waals surface area (Å²) in [4.78, 5) is 19.0. The van der Waals surface area contributed by atoms with E-state index < -0.39 is 5.82 Å². The van der Waals surface area contributed by atoms with Crippen LogP contribution in [0.5, 0.6) is 5.75 Å². The predicted octanol–water partition coefficient (Wildman–Crippen LogP) is 4.97. The van der Waals surface area contributed by atoms with Gasteiger partial charge in [0.2, 0.25) is 0 Å². The molecule has 1 aliphatic rings. The summed E-state index contributed by atoms with van der Waals surface area (Å²) in [5, 5.41) is 11.5. The van der Waals surface area contributed by atoms with Crippen molar-refractivity contribution < 1.29 is 9.50 Å². The molecule has 4 aromatic rings. The Hall–Kier alpha value is -3.62. The number of piperidine rings is 1. The molecule has 0 unspecified atom stereocenters. The van der Waals surface area contributed by atoms with Gasteiger partial charge in [0.1, 0.15) is 17.4 Å². The summed E-state index contributed by atoms with van der Waals surface area (Å²) in [6, 6.07) is 11.3. The molecule has 36 heavy (non-hydrogen) atoms. The van der Waals surface area contributed by atoms with E-state index in [4.69, 9.17) is 11.6 Å². The maximum Gasteiger partial charge on any atom is 0.332 e. The van der Waals surface area contributed by atoms with Crippen molar-refractivity contribution in [2.24, 2.45) is 12.8 Å². The van der Waals surface area contributed by atoms with Crippen molar-refractivity contribution in [2.75, 3.05) is 25.0 Å². The number of halogens is 2. The van der Waals surface area contributed by atoms with Crippen LogP contribution in [0.25, 0.3) is 27.9 Å². The van der Waals surface area contributed by atoms with Crippen LogP contribution in [0.3, 0.4) is 0 Å². The lowest BCUT2D eigenvalue weighted by molar-refractivity contribution is 0.477. The fourth-order valence-corrected chi connectivity index (χ4v) is 4.71. The Morgan fingerprint density at radius 1 is 0.972 bits per heavy atom. The Balaban J connectivity index is 0.00000148. The van der Waals surface area contributed by atoms with E-state index in [2.05, 4.69) is 15.6 Å². The number of aryl methyl sites for hydroxylation is 1. The highest BCUT2D eigenvalue weighted by atomic mass is 35.5. The lowest BCUT2D eigenvalue weighted by atomic mass is 9.97. The molecular weight excluding hydrogens is 481 g/mol. The first-order chi connectivity index (χ1) is 17.4. The van der Waals surface area contributed by atoms with E-state index in [-0.39, 0.29) is 11.4 Å². The first kappa shape index (κ1) is 25.5. The lowest BCUT2D eigenvalue weighted by Gasteiger charge is -2.28. The standard InChI is InChI=1S/C26H24ClFN4O2.CH5N/c1-30-11-12-32(26(30)34)23-6-5-17(13-22(23)27)20-15-19(28)16-21(25(20)33)18-7-8-29-24(14-18)31-9-3-2-4-10-31;1-2/h5-8,11-16,33H,2-4,9-10H2,1H3;2H2,1H3. The first-order valence-electron chi connectivity index (χ1n) is 11.8. The topological polar surface area (TPSA) is 89.3 Å². The summed E-state index contributed by atoms with van der Waals surface area (Å²) in [7, 11) is 3.16. The molecule has 3 heterocycles. The SMILES string of the molecule is CN.Cn1ccn(-c2ccc(-c3cc(F)cc(-c4ccnc(N5CCCCC5)c4)c3O)cc2Cl)c1=O. The number of phenolic OH excluding ortho intramolecular Hbond substituents is 1. The van der Waals surface area contributed by atoms with Crippen LogP contribution in [0.4, 0.5) is 10.2 Å². The first-order valence-corrected chi connectivity index (χ1v) is 12.2. The molecular formula is C27H29ClFN5O2. The van der Waals surface area contributed by atoms with E-state index in [9.17, 15) is 14.3 Å². The van der Waals surface area contributed by atoms with Gasteiger partial charge in [-0.05, 0) is 73.8 Å². The number of nitrogens with two attached hydrogens (primary N) is 1. The second-order valence-electron chi connectivity index (χ2n) is 8.53. The van der Waals surface area contributed by atoms with Crippen molar-refractivity contribution in [1.29, 1.82) is 0 Å². The minimum Gasteiger partial charge on any atom is -0.507 e. The number of benzene rings is 2. The Morgan fingerprint density at radius 3 is 2.25 bits per heavy atom. The van der Waals surface area contributed by atoms with Crippen molar-refractivity contribution >= 4 is 17.4 Å². The summed E-state index contributed by atoms with van der Waals surface area (Å²) in [5.74, 6) is 0.305. The molecule has 0 aliphatic carbocycles. The summed E-state index contributed by atoms with van der Waals surface area (Å²) in [6.45, 7) is 1.87. The van der Waals surface area contributed by atoms with E-state index in [0.29, 0.717) is 33.0 Å². The van der Waals surface area contributed by atoms with Gasteiger partial charge in [0, 0.05) is 49.9 Å². The number of aromatic nitrogens is 3. The minimum atomic E-state index is -0.474. The maximum absolute atomic E-state index is 14.7. The van der Waals surface area contributed by atoms with Gasteiger partial charge in [-0.15, -0.1) is 0 Å². The van der Waals surface area contributed by atoms with Gasteiger partial charge >= 0.3 is 5.69 Å². The van der Waals surface area contributed by atoms with Gasteiger partial charge in [-0.3, -0.25) is 4.57 Å². The zero-order valence-corrected chi connectivity index (χ0v) is 21.0. The van der Waals surface area contributed by atoms with Gasteiger partial charge in [-0.25, -0.2) is 14.2 Å². The predicted molar refractivity (Wildman–Crippen MR) is 142 cm³/mol. The smallest absolute Gasteiger partial charge is 0.332 e. The molecule has 9 heteroatoms. The molecule has 1 saturated heterocycles. The van der Waals surface area contributed by atoms with Crippen molar-refractivity contribution in [3.8, 4) is 33.7 Å². The highest BCUT2D eigenvalue weighted by Gasteiger charge is 2.18. The van der Waals surface area contributed by atoms with Gasteiger partial charge in [-0.2, -0.15) is 0 Å². The molecule has 5 rings (SSSR count). The van der Waals surface area contributed by atoms with Gasteiger partial charge in [-0.1, -0.05) is 17.7 Å². The van der Waals surface area contributed by atoms with Gasteiger partial charge in [0.15, 0.2) is 0 Å². The molecule has 2 aromatic heterocycles. The molecule has 0 spiro atoms. The molecule has 7 nitrogen and oxygen atoms in total. The number of anilines is 1. The lowest BCUT2D eigenvalue weighted by Crippen LogP contribution is -2.30. The second kappa shape index (κ2) is 11.0. The van der Waals surface area contributed by atoms with E-state index in [1.54, 1.807) is 49.9 Å². The summed E-state index contributed by atoms with van der Waals surface area (Å²) in [5.41, 5.74) is 6.71. The van der Waals surface area contributed by atoms with Crippen molar-refractivity contribution in [3.05, 3.63) is 82.4 Å². The maximum atomic E-state index is 14.7. The average molecular weight is 510 g/mol. The molecule has 3 N–H and O–H groups in total. The zero-order chi connectivity index (χ0) is 25.8. The van der Waals surface area contributed by atoms with E-state index >= 15 is 0 Å². The third-order valence-electron chi connectivity index (χ3n) is 6.28. The number of hydrogen-bond donors (Lipinski definition) is 2. The quantitative estimate of drug-likeness (QED) is 0.405. The van der Waals surface area contributed by atoms with Crippen molar-refractivity contribution in [2.45, 2.75) is 19.3 Å². The molecule has 0 amide bonds. The van der Waals surface area contributed by atoms with Crippen LogP contribution in [-0.4, -0.2) is 39.4 Å². The number of nitrogens with zero attached hydrogens (tertiary/aromatic N) is 4. The van der Waals surface area contributed by atoms with Gasteiger partial charge in [0.05, 0.1) is 10.7 Å². The number of phenols is 1. The highest BCUT2D eigenvalue weighted by Crippen LogP contribution is 2.41. The Kier molecular flexibility index (Phi) is 7.76. The Morgan fingerprint density at radius 2 is 1.64 bits per heavy atom. The van der Waals surface area contributed by atoms with Gasteiger partial charge in [0.25, 0.3) is 0 Å². The number of rotatable bonds is 4. The van der Waals surface area contributed by atoms with E-state index in [1.807, 2.05) is 6.07 Å². The third-order valence-corrected chi connectivity index (χ3v) is 6.58. The number of aromatic hydroxyl groups is 1. The monoisotopic (exact) mass is 509 g/mol. The molecule has 1 fully saturated rings. The Bertz CT molecular complexity index is 1430. The summed E-state index contributed by atoms with van der Waals surface area (Å²) in [6.07, 6.45) is 8.41. The minimum absolute atomic E-state index is 0.0436. The van der Waals surface area contributed by atoms with E-state index in [0.717, 1.165) is 31.7 Å². The highest BCUT2D eigenvalue weighted by molar-refractivity contribution is 6.32. The van der Waals surface area contributed by atoms with Crippen LogP contribution < -0.4 is 16.3 Å². The molecule has 0 bridgehead atoms. The van der Waals surface area contributed by atoms with Crippen molar-refractivity contribution in [1.82, 2.24) is 14.1 Å². The van der Waals surface area contributed by atoms with Crippen molar-refractivity contribution in [3.63, 3.8) is 0 Å². The van der Waals surface area contributed by atoms with E-state index in [1.165, 1.54) is 34.7 Å². The van der Waals surface area contributed by atoms with Crippen LogP contribution in [0.2, 0.25) is 5.02 Å². The molecule has 0 radical (unpaired) electrons. The molecule has 0 saturated carbocycles. The second-order valence-corrected chi connectivity index (χ2v) is 8.93. The normalized spacial score (nSPS) is 13.3. The molecule has 188 valence electrons. The van der Waals surface area contributed by atoms with Crippen LogP contribution in [0, 0.1) is 5.82 Å². The fraction of sp³-hybridized carbons (Fsp3) is 0.259. The molecule has 1 aliphatic heterocycles. The zero-order valence-electron chi connectivity index (χ0n) is 20.3. The van der Waals surface area contributed by atoms with Gasteiger partial charge < -0.3 is 20.3 Å². The van der Waals surface area contributed by atoms with Crippen LogP contribution in [0.15, 0.2) is 65.8 Å². The van der Waals surface area contributed by atoms with Crippen LogP contribution in [0.1, 0.15) is 19.3 Å². The largest absolute Gasteiger partial charge is 0.507 e. The molecule has 2 aromatic carbocycles. The fourth-order valence-electron chi connectivity index (χ4n) is 4.44. The summed E-state index contributed by atoms with van der Waals surface area (Å²) >= 11 is 6.49. The van der Waals surface area contributed by atoms with Crippen LogP contribution >= 0.6 is 11.6 Å². The van der Waals surface area contributed by atoms with Crippen LogP contribution in [-0.2, 0) is 7.05 Å². The Labute approximate surface area is 214 Å². The molecule has 0 atom stereocenters. The number of pyridine rings is 1. The number of imidazole rings is 1. The summed E-state index contributed by atoms with van der Waals surface area (Å²) < 4.78 is 17.6.